The summed E-state index contributed by atoms with van der Waals surface area (Å²) in [5.74, 6) is 1.83. The van der Waals surface area contributed by atoms with Crippen LogP contribution in [-0.2, 0) is 0 Å². The van der Waals surface area contributed by atoms with E-state index in [0.29, 0.717) is 0 Å². The molecule has 0 bridgehead atoms. The van der Waals surface area contributed by atoms with Crippen molar-refractivity contribution in [3.8, 4) is 0 Å². The van der Waals surface area contributed by atoms with Gasteiger partial charge in [-0.1, -0.05) is 20.8 Å². The normalized spacial score (nSPS) is 31.8. The lowest BCUT2D eigenvalue weighted by Gasteiger charge is -2.44. The van der Waals surface area contributed by atoms with Crippen LogP contribution in [0.25, 0.3) is 0 Å². The van der Waals surface area contributed by atoms with Gasteiger partial charge in [0.1, 0.15) is 0 Å². The molecule has 1 saturated heterocycles. The maximum absolute atomic E-state index is 3.79. The van der Waals surface area contributed by atoms with Crippen LogP contribution >= 0.6 is 0 Å². The summed E-state index contributed by atoms with van der Waals surface area (Å²) in [4.78, 5) is 2.81. The zero-order chi connectivity index (χ0) is 13.1. The van der Waals surface area contributed by atoms with Gasteiger partial charge >= 0.3 is 0 Å². The number of rotatable bonds is 6. The van der Waals surface area contributed by atoms with Gasteiger partial charge in [0.05, 0.1) is 0 Å². The van der Waals surface area contributed by atoms with Crippen LogP contribution in [0.15, 0.2) is 0 Å². The van der Waals surface area contributed by atoms with Crippen LogP contribution in [0.5, 0.6) is 0 Å². The van der Waals surface area contributed by atoms with Crippen molar-refractivity contribution < 1.29 is 0 Å². The number of hydrogen-bond acceptors (Lipinski definition) is 2. The minimum Gasteiger partial charge on any atom is -0.311 e. The fraction of sp³-hybridized carbons (Fsp3) is 1.00. The van der Waals surface area contributed by atoms with Crippen LogP contribution in [0, 0.1) is 11.8 Å². The largest absolute Gasteiger partial charge is 0.311 e. The summed E-state index contributed by atoms with van der Waals surface area (Å²) >= 11 is 0. The van der Waals surface area contributed by atoms with Gasteiger partial charge in [0, 0.05) is 31.2 Å². The molecule has 3 atom stereocenters. The summed E-state index contributed by atoms with van der Waals surface area (Å²) in [5.41, 5.74) is 0. The molecule has 0 aromatic rings. The predicted molar refractivity (Wildman–Crippen MR) is 78.8 cm³/mol. The molecular weight excluding hydrogens is 220 g/mol. The van der Waals surface area contributed by atoms with Crippen LogP contribution < -0.4 is 5.32 Å². The monoisotopic (exact) mass is 252 g/mol. The minimum absolute atomic E-state index is 0.765. The van der Waals surface area contributed by atoms with Crippen LogP contribution in [0.3, 0.4) is 0 Å². The lowest BCUT2D eigenvalue weighted by Crippen LogP contribution is -2.59. The predicted octanol–water partition coefficient (Wildman–Crippen LogP) is 3.27. The molecule has 1 aliphatic carbocycles. The molecule has 106 valence electrons. The molecule has 0 amide bonds. The topological polar surface area (TPSA) is 15.3 Å². The number of piperazine rings is 1. The summed E-state index contributed by atoms with van der Waals surface area (Å²) in [5, 5.41) is 3.79. The maximum Gasteiger partial charge on any atom is 0.0224 e. The quantitative estimate of drug-likeness (QED) is 0.780. The molecule has 2 nitrogen and oxygen atoms in total. The summed E-state index contributed by atoms with van der Waals surface area (Å²) < 4.78 is 0. The zero-order valence-corrected chi connectivity index (χ0v) is 12.8. The Morgan fingerprint density at radius 2 is 1.89 bits per heavy atom. The van der Waals surface area contributed by atoms with Gasteiger partial charge in [-0.15, -0.1) is 0 Å². The van der Waals surface area contributed by atoms with Crippen molar-refractivity contribution in [3.63, 3.8) is 0 Å². The van der Waals surface area contributed by atoms with Gasteiger partial charge in [-0.05, 0) is 50.9 Å². The van der Waals surface area contributed by atoms with Crippen molar-refractivity contribution in [2.24, 2.45) is 11.8 Å². The molecule has 2 aliphatic rings. The van der Waals surface area contributed by atoms with Crippen LogP contribution in [0.2, 0.25) is 0 Å². The third-order valence-electron chi connectivity index (χ3n) is 4.88. The van der Waals surface area contributed by atoms with Crippen molar-refractivity contribution in [1.82, 2.24) is 10.2 Å². The van der Waals surface area contributed by atoms with E-state index in [-0.39, 0.29) is 0 Å². The Kier molecular flexibility index (Phi) is 5.08. The Morgan fingerprint density at radius 1 is 1.17 bits per heavy atom. The number of nitrogens with zero attached hydrogens (tertiary/aromatic N) is 1. The SMILES string of the molecule is CCC1CNC(C2CC2)CN1C(C)CCC(C)C. The third-order valence-corrected chi connectivity index (χ3v) is 4.88. The van der Waals surface area contributed by atoms with Gasteiger partial charge in [-0.3, -0.25) is 4.90 Å². The Labute approximate surface area is 114 Å². The van der Waals surface area contributed by atoms with Crippen molar-refractivity contribution >= 4 is 0 Å². The minimum atomic E-state index is 0.765. The fourth-order valence-corrected chi connectivity index (χ4v) is 3.32. The van der Waals surface area contributed by atoms with E-state index in [2.05, 4.69) is 37.9 Å². The van der Waals surface area contributed by atoms with Gasteiger partial charge in [0.15, 0.2) is 0 Å². The molecule has 2 heteroatoms. The molecule has 2 fully saturated rings. The van der Waals surface area contributed by atoms with E-state index in [0.717, 1.165) is 30.0 Å². The average Bonchev–Trinajstić information content (AvgIpc) is 3.19. The van der Waals surface area contributed by atoms with E-state index in [9.17, 15) is 0 Å². The van der Waals surface area contributed by atoms with E-state index in [1.54, 1.807) is 0 Å². The van der Waals surface area contributed by atoms with E-state index in [1.807, 2.05) is 0 Å². The molecule has 0 radical (unpaired) electrons. The lowest BCUT2D eigenvalue weighted by molar-refractivity contribution is 0.0742. The Balaban J connectivity index is 1.87. The van der Waals surface area contributed by atoms with Gasteiger partial charge in [0.2, 0.25) is 0 Å². The molecule has 0 aromatic carbocycles. The fourth-order valence-electron chi connectivity index (χ4n) is 3.32. The third kappa shape index (κ3) is 3.71. The molecular formula is C16H32N2. The summed E-state index contributed by atoms with van der Waals surface area (Å²) in [6.45, 7) is 12.0. The molecule has 0 spiro atoms. The second kappa shape index (κ2) is 6.38. The maximum atomic E-state index is 3.79. The first kappa shape index (κ1) is 14.3. The molecule has 1 heterocycles. The Hall–Kier alpha value is -0.0800. The summed E-state index contributed by atoms with van der Waals surface area (Å²) in [6, 6.07) is 2.32. The molecule has 2 rings (SSSR count). The molecule has 1 saturated carbocycles. The zero-order valence-electron chi connectivity index (χ0n) is 12.8. The highest BCUT2D eigenvalue weighted by atomic mass is 15.3. The second-order valence-electron chi connectivity index (χ2n) is 6.93. The van der Waals surface area contributed by atoms with Crippen molar-refractivity contribution in [1.29, 1.82) is 0 Å². The molecule has 3 unspecified atom stereocenters. The van der Waals surface area contributed by atoms with Crippen LogP contribution in [0.1, 0.15) is 59.8 Å². The van der Waals surface area contributed by atoms with E-state index in [1.165, 1.54) is 45.2 Å². The van der Waals surface area contributed by atoms with Gasteiger partial charge in [0.25, 0.3) is 0 Å². The summed E-state index contributed by atoms with van der Waals surface area (Å²) in [7, 11) is 0. The van der Waals surface area contributed by atoms with Crippen molar-refractivity contribution in [2.45, 2.75) is 77.9 Å². The van der Waals surface area contributed by atoms with Crippen LogP contribution in [-0.4, -0.2) is 36.1 Å². The highest BCUT2D eigenvalue weighted by Gasteiger charge is 2.37. The van der Waals surface area contributed by atoms with Gasteiger partial charge in [-0.2, -0.15) is 0 Å². The average molecular weight is 252 g/mol. The first-order chi connectivity index (χ1) is 8.61. The van der Waals surface area contributed by atoms with Crippen molar-refractivity contribution in [2.75, 3.05) is 13.1 Å². The molecule has 0 aromatic heterocycles. The van der Waals surface area contributed by atoms with E-state index in [4.69, 9.17) is 0 Å². The van der Waals surface area contributed by atoms with Crippen LogP contribution in [0.4, 0.5) is 0 Å². The number of nitrogens with one attached hydrogen (secondary N) is 1. The molecule has 18 heavy (non-hydrogen) atoms. The Morgan fingerprint density at radius 3 is 2.44 bits per heavy atom. The highest BCUT2D eigenvalue weighted by Crippen LogP contribution is 2.35. The van der Waals surface area contributed by atoms with E-state index >= 15 is 0 Å². The van der Waals surface area contributed by atoms with Gasteiger partial charge in [-0.25, -0.2) is 0 Å². The summed E-state index contributed by atoms with van der Waals surface area (Å²) in [6.07, 6.45) is 6.95. The Bertz CT molecular complexity index is 247. The second-order valence-corrected chi connectivity index (χ2v) is 6.93. The highest BCUT2D eigenvalue weighted by molar-refractivity contribution is 4.95. The molecule has 1 aliphatic heterocycles. The first-order valence-corrected chi connectivity index (χ1v) is 8.11. The first-order valence-electron chi connectivity index (χ1n) is 8.11. The number of hydrogen-bond donors (Lipinski definition) is 1. The standard InChI is InChI=1S/C16H32N2/c1-5-15-10-17-16(14-8-9-14)11-18(15)13(4)7-6-12(2)3/h12-17H,5-11H2,1-4H3. The molecule has 1 N–H and O–H groups in total. The van der Waals surface area contributed by atoms with E-state index < -0.39 is 0 Å². The smallest absolute Gasteiger partial charge is 0.0224 e. The van der Waals surface area contributed by atoms with Crippen molar-refractivity contribution in [3.05, 3.63) is 0 Å². The van der Waals surface area contributed by atoms with Gasteiger partial charge < -0.3 is 5.32 Å². The lowest BCUT2D eigenvalue weighted by atomic mass is 9.97.